The molecule has 3 heteroatoms. The van der Waals surface area contributed by atoms with Crippen molar-refractivity contribution in [1.82, 2.24) is 0 Å². The predicted molar refractivity (Wildman–Crippen MR) is 85.6 cm³/mol. The van der Waals surface area contributed by atoms with Crippen molar-refractivity contribution in [1.29, 1.82) is 0 Å². The molecule has 3 aromatic rings. The van der Waals surface area contributed by atoms with Crippen molar-refractivity contribution in [3.63, 3.8) is 0 Å². The third kappa shape index (κ3) is 2.67. The Morgan fingerprint density at radius 1 is 0.750 bits per heavy atom. The van der Waals surface area contributed by atoms with Crippen molar-refractivity contribution in [3.05, 3.63) is 70.6 Å². The van der Waals surface area contributed by atoms with Crippen LogP contribution in [-0.4, -0.2) is 6.29 Å². The molecular weight excluding hydrogens is 288 g/mol. The summed E-state index contributed by atoms with van der Waals surface area (Å²) in [6.45, 7) is 0. The van der Waals surface area contributed by atoms with Gasteiger partial charge >= 0.3 is 0 Å². The minimum absolute atomic E-state index is 0.741. The number of carbonyl (C=O) groups excluding carboxylic acids is 1. The molecular formula is C17H11ClOS. The van der Waals surface area contributed by atoms with Crippen LogP contribution in [0.15, 0.2) is 60.7 Å². The lowest BCUT2D eigenvalue weighted by Gasteiger charge is -2.03. The van der Waals surface area contributed by atoms with E-state index in [1.54, 1.807) is 0 Å². The van der Waals surface area contributed by atoms with Crippen molar-refractivity contribution >= 4 is 29.2 Å². The minimum atomic E-state index is 0.741. The van der Waals surface area contributed by atoms with Gasteiger partial charge in [0.25, 0.3) is 0 Å². The van der Waals surface area contributed by atoms with Gasteiger partial charge in [0.2, 0.25) is 0 Å². The first-order valence-corrected chi connectivity index (χ1v) is 7.37. The van der Waals surface area contributed by atoms with Crippen LogP contribution in [0, 0.1) is 0 Å². The van der Waals surface area contributed by atoms with Crippen LogP contribution in [0.1, 0.15) is 9.67 Å². The fourth-order valence-corrected chi connectivity index (χ4v) is 2.99. The first-order valence-electron chi connectivity index (χ1n) is 6.18. The Kier molecular flexibility index (Phi) is 3.68. The van der Waals surface area contributed by atoms with Crippen LogP contribution in [0.5, 0.6) is 0 Å². The van der Waals surface area contributed by atoms with Crippen LogP contribution < -0.4 is 0 Å². The summed E-state index contributed by atoms with van der Waals surface area (Å²) in [7, 11) is 0. The molecule has 0 saturated carbocycles. The summed E-state index contributed by atoms with van der Waals surface area (Å²) >= 11 is 7.40. The second-order valence-electron chi connectivity index (χ2n) is 4.40. The van der Waals surface area contributed by atoms with Crippen molar-refractivity contribution < 1.29 is 4.79 Å². The smallest absolute Gasteiger partial charge is 0.160 e. The second kappa shape index (κ2) is 5.61. The first kappa shape index (κ1) is 13.1. The summed E-state index contributed by atoms with van der Waals surface area (Å²) in [6, 6.07) is 19.9. The molecule has 0 aliphatic rings. The van der Waals surface area contributed by atoms with Gasteiger partial charge in [0.1, 0.15) is 0 Å². The topological polar surface area (TPSA) is 17.1 Å². The van der Waals surface area contributed by atoms with Gasteiger partial charge < -0.3 is 0 Å². The van der Waals surface area contributed by atoms with E-state index >= 15 is 0 Å². The molecule has 20 heavy (non-hydrogen) atoms. The monoisotopic (exact) mass is 298 g/mol. The molecule has 1 aromatic heterocycles. The Hall–Kier alpha value is -1.90. The molecule has 0 radical (unpaired) electrons. The highest BCUT2D eigenvalue weighted by Crippen LogP contribution is 2.29. The molecule has 0 aliphatic carbocycles. The molecule has 2 aromatic carbocycles. The van der Waals surface area contributed by atoms with Crippen LogP contribution in [0.2, 0.25) is 5.02 Å². The summed E-state index contributed by atoms with van der Waals surface area (Å²) in [5.74, 6) is 0. The molecule has 0 amide bonds. The number of aldehydes is 1. The highest BCUT2D eigenvalue weighted by Gasteiger charge is 2.03. The van der Waals surface area contributed by atoms with Crippen LogP contribution >= 0.6 is 22.9 Å². The van der Waals surface area contributed by atoms with Crippen molar-refractivity contribution in [3.8, 4) is 21.6 Å². The maximum absolute atomic E-state index is 10.7. The first-order chi connectivity index (χ1) is 9.76. The van der Waals surface area contributed by atoms with Crippen molar-refractivity contribution in [2.45, 2.75) is 0 Å². The molecule has 0 aliphatic heterocycles. The van der Waals surface area contributed by atoms with Gasteiger partial charge in [-0.05, 0) is 41.0 Å². The fraction of sp³-hybridized carbons (Fsp3) is 0. The molecule has 0 N–H and O–H groups in total. The summed E-state index contributed by atoms with van der Waals surface area (Å²) < 4.78 is 0. The van der Waals surface area contributed by atoms with E-state index in [1.807, 2.05) is 36.4 Å². The van der Waals surface area contributed by atoms with Gasteiger partial charge in [-0.1, -0.05) is 48.0 Å². The molecule has 0 saturated heterocycles. The summed E-state index contributed by atoms with van der Waals surface area (Å²) in [6.07, 6.45) is 0.885. The van der Waals surface area contributed by atoms with Gasteiger partial charge in [-0.15, -0.1) is 11.3 Å². The Balaban J connectivity index is 1.91. The maximum Gasteiger partial charge on any atom is 0.160 e. The van der Waals surface area contributed by atoms with E-state index in [9.17, 15) is 4.79 Å². The zero-order valence-corrected chi connectivity index (χ0v) is 12.1. The molecule has 0 fully saturated rings. The molecule has 3 rings (SSSR count). The van der Waals surface area contributed by atoms with Crippen LogP contribution in [0.3, 0.4) is 0 Å². The lowest BCUT2D eigenvalue weighted by Crippen LogP contribution is -1.78. The average Bonchev–Trinajstić information content (AvgIpc) is 2.97. The number of rotatable bonds is 3. The highest BCUT2D eigenvalue weighted by molar-refractivity contribution is 7.17. The normalized spacial score (nSPS) is 10.4. The standard InChI is InChI=1S/C17H11ClOS/c18-15-7-5-13(6-8-15)12-1-3-14(4-2-12)17-10-9-16(11-19)20-17/h1-11H. The summed E-state index contributed by atoms with van der Waals surface area (Å²) in [5.41, 5.74) is 3.42. The van der Waals surface area contributed by atoms with Crippen molar-refractivity contribution in [2.75, 3.05) is 0 Å². The second-order valence-corrected chi connectivity index (χ2v) is 5.96. The predicted octanol–water partition coefficient (Wildman–Crippen LogP) is 5.55. The Morgan fingerprint density at radius 3 is 1.85 bits per heavy atom. The lowest BCUT2D eigenvalue weighted by atomic mass is 10.0. The molecule has 0 atom stereocenters. The van der Waals surface area contributed by atoms with Crippen molar-refractivity contribution in [2.24, 2.45) is 0 Å². The fourth-order valence-electron chi connectivity index (χ4n) is 2.04. The molecule has 0 unspecified atom stereocenters. The third-order valence-electron chi connectivity index (χ3n) is 3.09. The summed E-state index contributed by atoms with van der Waals surface area (Å²) in [5, 5.41) is 0.741. The highest BCUT2D eigenvalue weighted by atomic mass is 35.5. The number of thiophene rings is 1. The van der Waals surface area contributed by atoms with E-state index in [0.29, 0.717) is 0 Å². The Labute approximate surface area is 126 Å². The van der Waals surface area contributed by atoms with E-state index < -0.39 is 0 Å². The van der Waals surface area contributed by atoms with E-state index in [2.05, 4.69) is 24.3 Å². The molecule has 98 valence electrons. The molecule has 0 spiro atoms. The van der Waals surface area contributed by atoms with Crippen LogP contribution in [-0.2, 0) is 0 Å². The largest absolute Gasteiger partial charge is 0.297 e. The van der Waals surface area contributed by atoms with Crippen LogP contribution in [0.4, 0.5) is 0 Å². The maximum atomic E-state index is 10.7. The van der Waals surface area contributed by atoms with Gasteiger partial charge in [0, 0.05) is 9.90 Å². The number of hydrogen-bond donors (Lipinski definition) is 0. The number of halogens is 1. The van der Waals surface area contributed by atoms with E-state index in [4.69, 9.17) is 11.6 Å². The van der Waals surface area contributed by atoms with Gasteiger partial charge in [-0.25, -0.2) is 0 Å². The molecule has 1 nitrogen and oxygen atoms in total. The minimum Gasteiger partial charge on any atom is -0.297 e. The summed E-state index contributed by atoms with van der Waals surface area (Å²) in [4.78, 5) is 12.6. The zero-order valence-electron chi connectivity index (χ0n) is 10.5. The number of carbonyl (C=O) groups is 1. The number of hydrogen-bond acceptors (Lipinski definition) is 2. The number of benzene rings is 2. The van der Waals surface area contributed by atoms with Gasteiger partial charge in [-0.2, -0.15) is 0 Å². The van der Waals surface area contributed by atoms with E-state index in [0.717, 1.165) is 37.8 Å². The van der Waals surface area contributed by atoms with Gasteiger partial charge in [0.15, 0.2) is 6.29 Å². The van der Waals surface area contributed by atoms with Gasteiger partial charge in [-0.3, -0.25) is 4.79 Å². The lowest BCUT2D eigenvalue weighted by molar-refractivity contribution is 0.112. The van der Waals surface area contributed by atoms with E-state index in [-0.39, 0.29) is 0 Å². The molecule has 1 heterocycles. The SMILES string of the molecule is O=Cc1ccc(-c2ccc(-c3ccc(Cl)cc3)cc2)s1. The zero-order chi connectivity index (χ0) is 13.9. The Bertz CT molecular complexity index is 726. The van der Waals surface area contributed by atoms with Crippen LogP contribution in [0.25, 0.3) is 21.6 Å². The van der Waals surface area contributed by atoms with E-state index in [1.165, 1.54) is 11.3 Å². The third-order valence-corrected chi connectivity index (χ3v) is 4.40. The molecule has 0 bridgehead atoms. The quantitative estimate of drug-likeness (QED) is 0.580. The Morgan fingerprint density at radius 2 is 1.30 bits per heavy atom. The van der Waals surface area contributed by atoms with Gasteiger partial charge in [0.05, 0.1) is 4.88 Å². The average molecular weight is 299 g/mol.